The van der Waals surface area contributed by atoms with Crippen LogP contribution in [-0.4, -0.2) is 43.0 Å². The number of amides is 3. The molecule has 4 rings (SSSR count). The molecule has 1 aliphatic heterocycles. The largest absolute Gasteiger partial charge is 0.342 e. The van der Waals surface area contributed by atoms with E-state index in [9.17, 15) is 9.59 Å². The van der Waals surface area contributed by atoms with Gasteiger partial charge in [0.05, 0.1) is 0 Å². The molecule has 2 N–H and O–H groups in total. The summed E-state index contributed by atoms with van der Waals surface area (Å²) in [6.07, 6.45) is 8.97. The fraction of sp³-hybridized carbons (Fsp3) is 0.905. The fourth-order valence-electron chi connectivity index (χ4n) is 7.62. The van der Waals surface area contributed by atoms with E-state index in [0.717, 1.165) is 37.5 Å². The van der Waals surface area contributed by atoms with Crippen LogP contribution < -0.4 is 10.6 Å². The maximum atomic E-state index is 12.2. The summed E-state index contributed by atoms with van der Waals surface area (Å²) in [4.78, 5) is 26.2. The van der Waals surface area contributed by atoms with Crippen LogP contribution >= 0.6 is 0 Å². The van der Waals surface area contributed by atoms with Crippen molar-refractivity contribution in [2.45, 2.75) is 77.3 Å². The molecule has 0 unspecified atom stereocenters. The first-order valence-electron chi connectivity index (χ1n) is 10.5. The third-order valence-corrected chi connectivity index (χ3v) is 9.09. The van der Waals surface area contributed by atoms with Gasteiger partial charge in [0.25, 0.3) is 0 Å². The maximum Gasteiger partial charge on any atom is 0.314 e. The standard InChI is InChI=1S/C21H35N3O2/c1-20-11-9-15-13(14(20)6-7-16(20)23-19(26)22-3)5-8-17-21(15,2)12-10-18(25)24(17)4/h13-17H,5-12H2,1-4H3,(H2,22,23,26)/t13-,14-,15-,16-,17+,20-,21+/m0/s1. The number of likely N-dealkylation sites (tertiary alicyclic amines) is 1. The number of nitrogens with zero attached hydrogens (tertiary/aromatic N) is 1. The minimum absolute atomic E-state index is 0.0397. The summed E-state index contributed by atoms with van der Waals surface area (Å²) >= 11 is 0. The quantitative estimate of drug-likeness (QED) is 0.754. The summed E-state index contributed by atoms with van der Waals surface area (Å²) in [6.45, 7) is 4.89. The van der Waals surface area contributed by atoms with E-state index in [1.807, 2.05) is 7.05 Å². The Hall–Kier alpha value is -1.26. The van der Waals surface area contributed by atoms with Crippen LogP contribution in [0.15, 0.2) is 0 Å². The maximum absolute atomic E-state index is 12.2. The molecule has 26 heavy (non-hydrogen) atoms. The van der Waals surface area contributed by atoms with Crippen LogP contribution in [0.25, 0.3) is 0 Å². The highest BCUT2D eigenvalue weighted by Crippen LogP contribution is 2.64. The third-order valence-electron chi connectivity index (χ3n) is 9.09. The molecule has 0 aromatic rings. The van der Waals surface area contributed by atoms with E-state index in [1.165, 1.54) is 25.7 Å². The Morgan fingerprint density at radius 3 is 2.50 bits per heavy atom. The monoisotopic (exact) mass is 361 g/mol. The van der Waals surface area contributed by atoms with Crippen LogP contribution in [0.1, 0.15) is 65.2 Å². The van der Waals surface area contributed by atoms with Crippen molar-refractivity contribution < 1.29 is 9.59 Å². The van der Waals surface area contributed by atoms with Crippen molar-refractivity contribution in [3.8, 4) is 0 Å². The number of rotatable bonds is 1. The molecule has 3 aliphatic carbocycles. The topological polar surface area (TPSA) is 61.4 Å². The van der Waals surface area contributed by atoms with Crippen molar-refractivity contribution in [3.63, 3.8) is 0 Å². The average molecular weight is 362 g/mol. The van der Waals surface area contributed by atoms with Crippen molar-refractivity contribution in [2.24, 2.45) is 28.6 Å². The van der Waals surface area contributed by atoms with Crippen LogP contribution in [0.3, 0.4) is 0 Å². The lowest BCUT2D eigenvalue weighted by molar-refractivity contribution is -0.157. The van der Waals surface area contributed by atoms with Crippen molar-refractivity contribution in [2.75, 3.05) is 14.1 Å². The van der Waals surface area contributed by atoms with E-state index < -0.39 is 0 Å². The lowest BCUT2D eigenvalue weighted by atomic mass is 9.47. The first-order valence-corrected chi connectivity index (χ1v) is 10.5. The molecule has 0 radical (unpaired) electrons. The molecule has 0 aromatic heterocycles. The highest BCUT2D eigenvalue weighted by Gasteiger charge is 2.61. The number of hydrogen-bond acceptors (Lipinski definition) is 2. The molecule has 7 atom stereocenters. The van der Waals surface area contributed by atoms with Gasteiger partial charge in [-0.1, -0.05) is 13.8 Å². The SMILES string of the molecule is CNC(=O)N[C@H]1CC[C@H]2[C@@H]3CC[C@H]4N(C)C(=O)CC[C@]4(C)[C@H]3CC[C@]12C. The summed E-state index contributed by atoms with van der Waals surface area (Å²) in [6, 6.07) is 0.687. The van der Waals surface area contributed by atoms with Crippen LogP contribution in [0, 0.1) is 28.6 Å². The van der Waals surface area contributed by atoms with Crippen molar-refractivity contribution in [1.29, 1.82) is 0 Å². The molecule has 5 nitrogen and oxygen atoms in total. The number of hydrogen-bond donors (Lipinski definition) is 2. The van der Waals surface area contributed by atoms with Gasteiger partial charge in [-0.2, -0.15) is 0 Å². The van der Waals surface area contributed by atoms with Gasteiger partial charge in [0.15, 0.2) is 0 Å². The second-order valence-electron chi connectivity index (χ2n) is 9.88. The minimum atomic E-state index is -0.0397. The minimum Gasteiger partial charge on any atom is -0.342 e. The van der Waals surface area contributed by atoms with Gasteiger partial charge >= 0.3 is 6.03 Å². The van der Waals surface area contributed by atoms with Crippen LogP contribution in [0.2, 0.25) is 0 Å². The van der Waals surface area contributed by atoms with Crippen molar-refractivity contribution in [1.82, 2.24) is 15.5 Å². The lowest BCUT2D eigenvalue weighted by Gasteiger charge is -2.61. The molecule has 146 valence electrons. The Morgan fingerprint density at radius 2 is 1.77 bits per heavy atom. The molecule has 0 bridgehead atoms. The number of carbonyl (C=O) groups excluding carboxylic acids is 2. The molecule has 0 aromatic carbocycles. The molecule has 4 aliphatic rings. The molecule has 3 amide bonds. The summed E-state index contributed by atoms with van der Waals surface area (Å²) in [5.41, 5.74) is 0.506. The number of fused-ring (bicyclic) bond motifs is 5. The Morgan fingerprint density at radius 1 is 1.04 bits per heavy atom. The third kappa shape index (κ3) is 2.41. The smallest absolute Gasteiger partial charge is 0.314 e. The average Bonchev–Trinajstić information content (AvgIpc) is 2.95. The predicted molar refractivity (Wildman–Crippen MR) is 102 cm³/mol. The molecule has 5 heteroatoms. The Kier molecular flexibility index (Phi) is 4.27. The second kappa shape index (κ2) is 6.13. The summed E-state index contributed by atoms with van der Waals surface area (Å²) in [7, 11) is 3.72. The van der Waals surface area contributed by atoms with Gasteiger partial charge < -0.3 is 15.5 Å². The molecule has 1 heterocycles. The second-order valence-corrected chi connectivity index (χ2v) is 9.88. The van der Waals surface area contributed by atoms with Gasteiger partial charge in [0, 0.05) is 32.6 Å². The Bertz CT molecular complexity index is 608. The van der Waals surface area contributed by atoms with Gasteiger partial charge in [0.1, 0.15) is 0 Å². The first-order chi connectivity index (χ1) is 12.3. The van der Waals surface area contributed by atoms with Gasteiger partial charge in [-0.3, -0.25) is 4.79 Å². The fourth-order valence-corrected chi connectivity index (χ4v) is 7.62. The number of piperidine rings is 1. The van der Waals surface area contributed by atoms with Crippen LogP contribution in [0.5, 0.6) is 0 Å². The summed E-state index contributed by atoms with van der Waals surface area (Å²) < 4.78 is 0. The molecule has 0 spiro atoms. The van der Waals surface area contributed by atoms with Crippen LogP contribution in [-0.2, 0) is 4.79 Å². The highest BCUT2D eigenvalue weighted by atomic mass is 16.2. The number of nitrogens with one attached hydrogen (secondary N) is 2. The van der Waals surface area contributed by atoms with E-state index in [4.69, 9.17) is 0 Å². The molecule has 1 saturated heterocycles. The Balaban J connectivity index is 1.57. The van der Waals surface area contributed by atoms with Crippen molar-refractivity contribution >= 4 is 11.9 Å². The van der Waals surface area contributed by atoms with Gasteiger partial charge in [-0.25, -0.2) is 4.79 Å². The zero-order chi connectivity index (χ0) is 18.7. The normalized spacial score (nSPS) is 47.6. The highest BCUT2D eigenvalue weighted by molar-refractivity contribution is 5.77. The van der Waals surface area contributed by atoms with Gasteiger partial charge in [0.2, 0.25) is 5.91 Å². The number of urea groups is 1. The van der Waals surface area contributed by atoms with E-state index in [1.54, 1.807) is 7.05 Å². The van der Waals surface area contributed by atoms with Crippen LogP contribution in [0.4, 0.5) is 4.79 Å². The van der Waals surface area contributed by atoms with E-state index in [2.05, 4.69) is 29.4 Å². The zero-order valence-corrected chi connectivity index (χ0v) is 16.8. The number of carbonyl (C=O) groups is 2. The molecule has 4 fully saturated rings. The van der Waals surface area contributed by atoms with Crippen molar-refractivity contribution in [3.05, 3.63) is 0 Å². The summed E-state index contributed by atoms with van der Waals surface area (Å²) in [5, 5.41) is 5.97. The summed E-state index contributed by atoms with van der Waals surface area (Å²) in [5.74, 6) is 2.54. The lowest BCUT2D eigenvalue weighted by Crippen LogP contribution is -2.62. The van der Waals surface area contributed by atoms with E-state index >= 15 is 0 Å². The van der Waals surface area contributed by atoms with Gasteiger partial charge in [-0.05, 0) is 73.5 Å². The van der Waals surface area contributed by atoms with Gasteiger partial charge in [-0.15, -0.1) is 0 Å². The Labute approximate surface area is 157 Å². The zero-order valence-electron chi connectivity index (χ0n) is 16.8. The molecular formula is C21H35N3O2. The molecule has 3 saturated carbocycles. The predicted octanol–water partition coefficient (Wildman–Crippen LogP) is 3.15. The first kappa shape index (κ1) is 18.1. The molecular weight excluding hydrogens is 326 g/mol. The van der Waals surface area contributed by atoms with E-state index in [-0.39, 0.29) is 16.9 Å². The van der Waals surface area contributed by atoms with E-state index in [0.29, 0.717) is 23.9 Å².